The maximum Gasteiger partial charge on any atom is 0.0951 e. The first-order valence-corrected chi connectivity index (χ1v) is 5.46. The van der Waals surface area contributed by atoms with Crippen LogP contribution >= 0.6 is 0 Å². The fourth-order valence-electron chi connectivity index (χ4n) is 3.86. The molecule has 3 aliphatic rings. The van der Waals surface area contributed by atoms with Crippen molar-refractivity contribution in [3.8, 4) is 0 Å². The predicted octanol–water partition coefficient (Wildman–Crippen LogP) is 2.80. The van der Waals surface area contributed by atoms with Crippen molar-refractivity contribution in [2.24, 2.45) is 11.8 Å². The number of hydrogen-bond donors (Lipinski definition) is 0. The van der Waals surface area contributed by atoms with E-state index < -0.39 is 0 Å². The predicted molar refractivity (Wildman–Crippen MR) is 53.8 cm³/mol. The number of hydrogen-bond acceptors (Lipinski definition) is 1. The summed E-state index contributed by atoms with van der Waals surface area (Å²) in [5, 5.41) is 0. The quantitative estimate of drug-likeness (QED) is 0.605. The molecule has 1 nitrogen and oxygen atoms in total. The van der Waals surface area contributed by atoms with E-state index in [1.807, 2.05) is 0 Å². The van der Waals surface area contributed by atoms with Crippen LogP contribution in [0, 0.1) is 11.8 Å². The van der Waals surface area contributed by atoms with Gasteiger partial charge in [0.2, 0.25) is 0 Å². The Hall–Kier alpha value is -0.820. The molecule has 1 aromatic rings. The minimum atomic E-state index is 0.0377. The molecule has 1 heteroatoms. The van der Waals surface area contributed by atoms with Crippen LogP contribution in [0.5, 0.6) is 0 Å². The fraction of sp³-hybridized carbons (Fsp3) is 0.538. The van der Waals surface area contributed by atoms with E-state index in [1.54, 1.807) is 0 Å². The van der Waals surface area contributed by atoms with E-state index in [-0.39, 0.29) is 11.2 Å². The fourth-order valence-corrected chi connectivity index (χ4v) is 3.86. The maximum atomic E-state index is 6.28. The Kier molecular flexibility index (Phi) is 0.954. The second-order valence-corrected chi connectivity index (χ2v) is 5.31. The summed E-state index contributed by atoms with van der Waals surface area (Å²) >= 11 is 0. The van der Waals surface area contributed by atoms with Crippen LogP contribution in [-0.2, 0) is 15.9 Å². The Morgan fingerprint density at radius 3 is 2.07 bits per heavy atom. The van der Waals surface area contributed by atoms with Gasteiger partial charge in [-0.3, -0.25) is 0 Å². The molecule has 4 atom stereocenters. The highest BCUT2D eigenvalue weighted by atomic mass is 16.5. The van der Waals surface area contributed by atoms with Gasteiger partial charge < -0.3 is 4.74 Å². The SMILES string of the molecule is C[C@]12O[C@](C)(c3ccccc31)[C@H]1C[C@H]12. The molecule has 14 heavy (non-hydrogen) atoms. The molecule has 0 unspecified atom stereocenters. The molecule has 2 heterocycles. The van der Waals surface area contributed by atoms with Crippen molar-refractivity contribution >= 4 is 0 Å². The van der Waals surface area contributed by atoms with Crippen molar-refractivity contribution in [3.05, 3.63) is 35.4 Å². The van der Waals surface area contributed by atoms with E-state index in [4.69, 9.17) is 4.74 Å². The van der Waals surface area contributed by atoms with Crippen molar-refractivity contribution in [1.82, 2.24) is 0 Å². The third-order valence-electron chi connectivity index (χ3n) is 4.63. The highest BCUT2D eigenvalue weighted by Gasteiger charge is 2.73. The molecule has 2 fully saturated rings. The van der Waals surface area contributed by atoms with Crippen molar-refractivity contribution < 1.29 is 4.74 Å². The highest BCUT2D eigenvalue weighted by Crippen LogP contribution is 2.74. The molecule has 1 aliphatic carbocycles. The number of benzene rings is 1. The standard InChI is InChI=1S/C13H14O/c1-12-8-5-3-4-6-9(8)13(2,14-12)11-7-10(11)12/h3-6,10-11H,7H2,1-2H3/t10-,11+,12+,13-. The number of rotatable bonds is 0. The molecule has 0 N–H and O–H groups in total. The van der Waals surface area contributed by atoms with Crippen molar-refractivity contribution in [2.45, 2.75) is 31.5 Å². The molecule has 0 amide bonds. The zero-order chi connectivity index (χ0) is 9.55. The molecular weight excluding hydrogens is 172 g/mol. The van der Waals surface area contributed by atoms with Gasteiger partial charge in [-0.2, -0.15) is 0 Å². The van der Waals surface area contributed by atoms with Gasteiger partial charge in [0, 0.05) is 0 Å². The zero-order valence-electron chi connectivity index (χ0n) is 8.58. The van der Waals surface area contributed by atoms with Gasteiger partial charge in [-0.25, -0.2) is 0 Å². The van der Waals surface area contributed by atoms with Gasteiger partial charge in [0.1, 0.15) is 0 Å². The molecule has 72 valence electrons. The summed E-state index contributed by atoms with van der Waals surface area (Å²) in [6.45, 7) is 4.55. The van der Waals surface area contributed by atoms with Crippen LogP contribution in [0.15, 0.2) is 24.3 Å². The zero-order valence-corrected chi connectivity index (χ0v) is 8.58. The lowest BCUT2D eigenvalue weighted by molar-refractivity contribution is -0.0968. The first kappa shape index (κ1) is 7.47. The lowest BCUT2D eigenvalue weighted by atomic mass is 9.78. The summed E-state index contributed by atoms with van der Waals surface area (Å²) < 4.78 is 6.28. The average molecular weight is 186 g/mol. The Morgan fingerprint density at radius 1 is 1.07 bits per heavy atom. The van der Waals surface area contributed by atoms with Crippen LogP contribution in [0.25, 0.3) is 0 Å². The second-order valence-electron chi connectivity index (χ2n) is 5.31. The summed E-state index contributed by atoms with van der Waals surface area (Å²) in [6.07, 6.45) is 1.36. The van der Waals surface area contributed by atoms with Crippen LogP contribution in [0.2, 0.25) is 0 Å². The van der Waals surface area contributed by atoms with Crippen LogP contribution in [0.1, 0.15) is 31.4 Å². The Bertz CT molecular complexity index is 400. The molecule has 1 aromatic carbocycles. The maximum absolute atomic E-state index is 6.28. The minimum absolute atomic E-state index is 0.0377. The molecule has 0 radical (unpaired) electrons. The Labute approximate surface area is 84.1 Å². The first-order chi connectivity index (χ1) is 6.66. The molecule has 0 spiro atoms. The molecule has 0 aromatic heterocycles. The molecule has 1 saturated heterocycles. The van der Waals surface area contributed by atoms with Gasteiger partial charge in [-0.05, 0) is 43.2 Å². The van der Waals surface area contributed by atoms with Crippen LogP contribution < -0.4 is 0 Å². The summed E-state index contributed by atoms with van der Waals surface area (Å²) in [5.74, 6) is 1.59. The summed E-state index contributed by atoms with van der Waals surface area (Å²) in [5.41, 5.74) is 2.97. The van der Waals surface area contributed by atoms with E-state index >= 15 is 0 Å². The van der Waals surface area contributed by atoms with Gasteiger partial charge in [-0.15, -0.1) is 0 Å². The molecule has 4 rings (SSSR count). The van der Waals surface area contributed by atoms with Gasteiger partial charge in [-0.1, -0.05) is 24.3 Å². The minimum Gasteiger partial charge on any atom is -0.359 e. The smallest absolute Gasteiger partial charge is 0.0951 e. The van der Waals surface area contributed by atoms with Crippen molar-refractivity contribution in [3.63, 3.8) is 0 Å². The van der Waals surface area contributed by atoms with Gasteiger partial charge >= 0.3 is 0 Å². The number of ether oxygens (including phenoxy) is 1. The van der Waals surface area contributed by atoms with E-state index in [9.17, 15) is 0 Å². The van der Waals surface area contributed by atoms with Crippen LogP contribution in [0.3, 0.4) is 0 Å². The van der Waals surface area contributed by atoms with E-state index in [0.717, 1.165) is 11.8 Å². The number of fused-ring (bicyclic) bond motifs is 8. The van der Waals surface area contributed by atoms with Gasteiger partial charge in [0.25, 0.3) is 0 Å². The van der Waals surface area contributed by atoms with E-state index in [0.29, 0.717) is 0 Å². The lowest BCUT2D eigenvalue weighted by Crippen LogP contribution is -2.22. The van der Waals surface area contributed by atoms with Gasteiger partial charge in [0.05, 0.1) is 11.2 Å². The summed E-state index contributed by atoms with van der Waals surface area (Å²) in [6, 6.07) is 8.76. The largest absolute Gasteiger partial charge is 0.359 e. The molecule has 2 aliphatic heterocycles. The van der Waals surface area contributed by atoms with Crippen LogP contribution in [0.4, 0.5) is 0 Å². The second kappa shape index (κ2) is 1.79. The average Bonchev–Trinajstić information content (AvgIpc) is 2.90. The summed E-state index contributed by atoms with van der Waals surface area (Å²) in [7, 11) is 0. The molecule has 1 saturated carbocycles. The van der Waals surface area contributed by atoms with E-state index in [2.05, 4.69) is 38.1 Å². The molecule has 2 bridgehead atoms. The molecular formula is C13H14O. The van der Waals surface area contributed by atoms with Crippen molar-refractivity contribution in [1.29, 1.82) is 0 Å². The van der Waals surface area contributed by atoms with Crippen molar-refractivity contribution in [2.75, 3.05) is 0 Å². The third-order valence-corrected chi connectivity index (χ3v) is 4.63. The summed E-state index contributed by atoms with van der Waals surface area (Å²) in [4.78, 5) is 0. The van der Waals surface area contributed by atoms with Crippen LogP contribution in [-0.4, -0.2) is 0 Å². The van der Waals surface area contributed by atoms with Gasteiger partial charge in [0.15, 0.2) is 0 Å². The topological polar surface area (TPSA) is 9.23 Å². The highest BCUT2D eigenvalue weighted by molar-refractivity contribution is 5.48. The monoisotopic (exact) mass is 186 g/mol. The third kappa shape index (κ3) is 0.543. The normalized spacial score (nSPS) is 51.6. The Balaban J connectivity index is 2.08. The first-order valence-electron chi connectivity index (χ1n) is 5.46. The lowest BCUT2D eigenvalue weighted by Gasteiger charge is -2.23. The Morgan fingerprint density at radius 2 is 1.57 bits per heavy atom. The van der Waals surface area contributed by atoms with E-state index in [1.165, 1.54) is 17.5 Å².